The quantitative estimate of drug-likeness (QED) is 0.0763. The van der Waals surface area contributed by atoms with Gasteiger partial charge in [-0.25, -0.2) is 0 Å². The number of rotatable bonds is 2. The van der Waals surface area contributed by atoms with E-state index >= 15 is 0 Å². The molecule has 1 aliphatic carbocycles. The Balaban J connectivity index is 2.36. The van der Waals surface area contributed by atoms with Gasteiger partial charge in [-0.05, 0) is 40.2 Å². The Bertz CT molecular complexity index is 1930. The lowest BCUT2D eigenvalue weighted by Gasteiger charge is -2.41. The third-order valence-electron chi connectivity index (χ3n) is 8.32. The van der Waals surface area contributed by atoms with E-state index in [2.05, 4.69) is 20.8 Å². The van der Waals surface area contributed by atoms with Crippen molar-refractivity contribution in [1.29, 1.82) is 0 Å². The van der Waals surface area contributed by atoms with Gasteiger partial charge in [0.25, 0.3) is 0 Å². The predicted molar refractivity (Wildman–Crippen MR) is 243 cm³/mol. The molecule has 0 saturated heterocycles. The van der Waals surface area contributed by atoms with E-state index in [1.54, 1.807) is 0 Å². The first kappa shape index (κ1) is 39.7. The SMILES string of the molecule is Cc1c(S)c(S)c(S)c(C2(c3c(S)c(S)c(S)c(S)c3S)c3c(S)c(S)c(S)c(S)c3-c3c(S)c(S)c(C(C)(C)C)c(S)c32)c1S. The second kappa shape index (κ2) is 13.7. The third-order valence-corrected chi connectivity index (χ3v) is 17.5. The summed E-state index contributed by atoms with van der Waals surface area (Å²) in [5.74, 6) is 0. The number of fused-ring (bicyclic) bond motifs is 3. The second-order valence-electron chi connectivity index (χ2n) is 11.8. The largest absolute Gasteiger partial charge is 0.143 e. The highest BCUT2D eigenvalue weighted by Crippen LogP contribution is 2.69. The van der Waals surface area contributed by atoms with Crippen molar-refractivity contribution in [2.75, 3.05) is 0 Å². The molecule has 1 unspecified atom stereocenters. The van der Waals surface area contributed by atoms with Crippen molar-refractivity contribution in [2.24, 2.45) is 0 Å². The van der Waals surface area contributed by atoms with Crippen LogP contribution in [0.4, 0.5) is 0 Å². The van der Waals surface area contributed by atoms with Crippen LogP contribution in [0.2, 0.25) is 0 Å². The summed E-state index contributed by atoms with van der Waals surface area (Å²) in [5.41, 5.74) is 4.20. The standard InChI is InChI=1S/C30H28S16/c1-5-13(31)11(20(38)23(41)14(5)32)30(12-21(39)26(44)28(46)27(45)22(12)40)8-6(7-9(30)18(36)25(43)24(42)16(7)34)15(33)19(37)10(17(8)35)29(2,3)4/h31-46H,1-4H3. The molecule has 1 atom stereocenters. The van der Waals surface area contributed by atoms with E-state index in [0.29, 0.717) is 95.0 Å². The molecule has 0 spiro atoms. The van der Waals surface area contributed by atoms with Gasteiger partial charge >= 0.3 is 0 Å². The number of hydrogen-bond acceptors (Lipinski definition) is 16. The monoisotopic (exact) mass is 900 g/mol. The van der Waals surface area contributed by atoms with Crippen molar-refractivity contribution >= 4 is 202 Å². The Morgan fingerprint density at radius 1 is 0.326 bits per heavy atom. The average Bonchev–Trinajstić information content (AvgIpc) is 3.29. The Labute approximate surface area is 358 Å². The van der Waals surface area contributed by atoms with Crippen LogP contribution in [0.5, 0.6) is 0 Å². The molecule has 0 fully saturated rings. The lowest BCUT2D eigenvalue weighted by Crippen LogP contribution is -2.34. The summed E-state index contributed by atoms with van der Waals surface area (Å²) < 4.78 is 0. The minimum absolute atomic E-state index is 0.405. The summed E-state index contributed by atoms with van der Waals surface area (Å²) in [6, 6.07) is 0. The van der Waals surface area contributed by atoms with Crippen LogP contribution < -0.4 is 0 Å². The maximum Gasteiger partial charge on any atom is 0.0781 e. The van der Waals surface area contributed by atoms with Crippen molar-refractivity contribution in [3.63, 3.8) is 0 Å². The molecule has 4 aromatic carbocycles. The molecule has 244 valence electrons. The van der Waals surface area contributed by atoms with Crippen molar-refractivity contribution < 1.29 is 0 Å². The first-order valence-electron chi connectivity index (χ1n) is 13.1. The molecule has 0 amide bonds. The van der Waals surface area contributed by atoms with Crippen molar-refractivity contribution in [3.8, 4) is 11.1 Å². The van der Waals surface area contributed by atoms with Gasteiger partial charge in [0.15, 0.2) is 0 Å². The summed E-state index contributed by atoms with van der Waals surface area (Å²) in [5, 5.41) is 0. The fourth-order valence-electron chi connectivity index (χ4n) is 6.30. The fourth-order valence-corrected chi connectivity index (χ4v) is 12.7. The van der Waals surface area contributed by atoms with E-state index in [9.17, 15) is 0 Å². The van der Waals surface area contributed by atoms with Gasteiger partial charge in [0, 0.05) is 95.0 Å². The second-order valence-corrected chi connectivity index (χ2v) is 19.0. The number of hydrogen-bond donors (Lipinski definition) is 16. The molecule has 16 heteroatoms. The van der Waals surface area contributed by atoms with Crippen LogP contribution in [0.15, 0.2) is 78.3 Å². The van der Waals surface area contributed by atoms with Crippen LogP contribution >= 0.6 is 202 Å². The first-order chi connectivity index (χ1) is 21.1. The summed E-state index contributed by atoms with van der Waals surface area (Å²) >= 11 is 80.5. The lowest BCUT2D eigenvalue weighted by molar-refractivity contribution is 0.552. The molecule has 0 N–H and O–H groups in total. The van der Waals surface area contributed by atoms with Crippen LogP contribution in [0.3, 0.4) is 0 Å². The van der Waals surface area contributed by atoms with Gasteiger partial charge in [-0.2, -0.15) is 0 Å². The van der Waals surface area contributed by atoms with E-state index in [1.165, 1.54) is 0 Å². The molecule has 5 rings (SSSR count). The highest BCUT2D eigenvalue weighted by atomic mass is 32.1. The highest BCUT2D eigenvalue weighted by molar-refractivity contribution is 7.88. The van der Waals surface area contributed by atoms with E-state index in [-0.39, 0.29) is 0 Å². The van der Waals surface area contributed by atoms with Gasteiger partial charge in [0.2, 0.25) is 0 Å². The molecule has 4 aromatic rings. The molecule has 0 aromatic heterocycles. The minimum Gasteiger partial charge on any atom is -0.143 e. The first-order valence-corrected chi connectivity index (χ1v) is 20.2. The summed E-state index contributed by atoms with van der Waals surface area (Å²) in [6.07, 6.45) is 0. The highest BCUT2D eigenvalue weighted by Gasteiger charge is 2.56. The van der Waals surface area contributed by atoms with Gasteiger partial charge < -0.3 is 0 Å². The van der Waals surface area contributed by atoms with Gasteiger partial charge in [0.1, 0.15) is 0 Å². The lowest BCUT2D eigenvalue weighted by atomic mass is 9.66. The van der Waals surface area contributed by atoms with E-state index in [0.717, 1.165) is 27.8 Å². The number of benzene rings is 4. The zero-order valence-corrected chi connectivity index (χ0v) is 38.5. The minimum atomic E-state index is -1.34. The summed E-state index contributed by atoms with van der Waals surface area (Å²) in [6.45, 7) is 8.27. The van der Waals surface area contributed by atoms with E-state index in [1.807, 2.05) is 6.92 Å². The average molecular weight is 902 g/mol. The molecule has 0 saturated carbocycles. The summed E-state index contributed by atoms with van der Waals surface area (Å²) in [4.78, 5) is 9.09. The zero-order chi connectivity index (χ0) is 34.9. The smallest absolute Gasteiger partial charge is 0.0781 e. The molecule has 1 aliphatic rings. The van der Waals surface area contributed by atoms with Crippen LogP contribution in [-0.4, -0.2) is 0 Å². The van der Waals surface area contributed by atoms with Crippen molar-refractivity contribution in [1.82, 2.24) is 0 Å². The molecular formula is C30H28S16. The molecular weight excluding hydrogens is 873 g/mol. The zero-order valence-electron chi connectivity index (χ0n) is 24.2. The van der Waals surface area contributed by atoms with Crippen LogP contribution in [0.1, 0.15) is 54.2 Å². The van der Waals surface area contributed by atoms with E-state index < -0.39 is 10.8 Å². The fraction of sp³-hybridized carbons (Fsp3) is 0.200. The normalized spacial score (nSPS) is 15.9. The predicted octanol–water partition coefficient (Wildman–Crippen LogP) is 12.3. The van der Waals surface area contributed by atoms with Gasteiger partial charge in [-0.3, -0.25) is 0 Å². The Morgan fingerprint density at radius 3 is 1.07 bits per heavy atom. The van der Waals surface area contributed by atoms with Crippen molar-refractivity contribution in [3.05, 3.63) is 33.4 Å². The summed E-state index contributed by atoms with van der Waals surface area (Å²) in [7, 11) is 0. The number of thiol groups is 16. The molecule has 0 bridgehead atoms. The molecule has 46 heavy (non-hydrogen) atoms. The van der Waals surface area contributed by atoms with Crippen LogP contribution in [-0.2, 0) is 10.8 Å². The van der Waals surface area contributed by atoms with Crippen LogP contribution in [0.25, 0.3) is 11.1 Å². The third kappa shape index (κ3) is 5.48. The molecule has 0 aliphatic heterocycles. The Morgan fingerprint density at radius 2 is 0.630 bits per heavy atom. The van der Waals surface area contributed by atoms with Gasteiger partial charge in [0.05, 0.1) is 5.41 Å². The maximum absolute atomic E-state index is 5.37. The van der Waals surface area contributed by atoms with Gasteiger partial charge in [-0.1, -0.05) is 20.8 Å². The Kier molecular flexibility index (Phi) is 11.8. The molecule has 0 heterocycles. The topological polar surface area (TPSA) is 0 Å². The van der Waals surface area contributed by atoms with Gasteiger partial charge in [-0.15, -0.1) is 202 Å². The molecule has 0 nitrogen and oxygen atoms in total. The van der Waals surface area contributed by atoms with Crippen molar-refractivity contribution in [2.45, 2.75) is 117 Å². The van der Waals surface area contributed by atoms with Crippen LogP contribution in [0, 0.1) is 6.92 Å². The molecule has 0 radical (unpaired) electrons. The Hall–Kier alpha value is 2.48. The van der Waals surface area contributed by atoms with E-state index in [4.69, 9.17) is 202 Å². The maximum atomic E-state index is 5.37.